The molecule has 1 rings (SSSR count). The van der Waals surface area contributed by atoms with Gasteiger partial charge in [0.25, 0.3) is 0 Å². The Hall–Kier alpha value is -0.0800. The van der Waals surface area contributed by atoms with Crippen molar-refractivity contribution in [2.75, 3.05) is 13.7 Å². The van der Waals surface area contributed by atoms with Crippen LogP contribution in [0.25, 0.3) is 0 Å². The van der Waals surface area contributed by atoms with Gasteiger partial charge in [-0.15, -0.1) is 0 Å². The third kappa shape index (κ3) is 1.01. The van der Waals surface area contributed by atoms with Gasteiger partial charge in [0, 0.05) is 13.7 Å². The zero-order valence-electron chi connectivity index (χ0n) is 5.39. The van der Waals surface area contributed by atoms with Crippen LogP contribution in [0, 0.1) is 0 Å². The predicted octanol–water partition coefficient (Wildman–Crippen LogP) is 0.810. The number of hydrogen-bond acceptors (Lipinski definition) is 2. The Labute approximate surface area is 49.8 Å². The quantitative estimate of drug-likeness (QED) is 0.504. The van der Waals surface area contributed by atoms with Crippen LogP contribution in [0.4, 0.5) is 0 Å². The van der Waals surface area contributed by atoms with Gasteiger partial charge in [0.05, 0.1) is 12.2 Å². The van der Waals surface area contributed by atoms with E-state index in [0.29, 0.717) is 12.2 Å². The smallest absolute Gasteiger partial charge is 0.0852 e. The van der Waals surface area contributed by atoms with Gasteiger partial charge >= 0.3 is 0 Å². The van der Waals surface area contributed by atoms with Crippen molar-refractivity contribution < 1.29 is 9.47 Å². The first-order valence-electron chi connectivity index (χ1n) is 2.99. The first-order chi connectivity index (χ1) is 3.84. The highest BCUT2D eigenvalue weighted by Gasteiger charge is 2.22. The fraction of sp³-hybridized carbons (Fsp3) is 1.00. The molecule has 1 aliphatic heterocycles. The largest absolute Gasteiger partial charge is 0.379 e. The number of methoxy groups -OCH3 is 1. The number of rotatable bonds is 1. The van der Waals surface area contributed by atoms with E-state index in [2.05, 4.69) is 0 Å². The molecule has 0 amide bonds. The van der Waals surface area contributed by atoms with Crippen LogP contribution in [0.2, 0.25) is 0 Å². The van der Waals surface area contributed by atoms with E-state index in [4.69, 9.17) is 9.47 Å². The topological polar surface area (TPSA) is 18.5 Å². The SMILES string of the molecule is CO[C@H]1CCO[C@H]1C. The average molecular weight is 116 g/mol. The summed E-state index contributed by atoms with van der Waals surface area (Å²) in [7, 11) is 1.73. The van der Waals surface area contributed by atoms with E-state index in [9.17, 15) is 0 Å². The molecule has 2 heteroatoms. The lowest BCUT2D eigenvalue weighted by Crippen LogP contribution is -2.18. The van der Waals surface area contributed by atoms with Gasteiger partial charge in [0.1, 0.15) is 0 Å². The van der Waals surface area contributed by atoms with Crippen LogP contribution in [-0.4, -0.2) is 25.9 Å². The molecule has 48 valence electrons. The molecule has 1 fully saturated rings. The normalized spacial score (nSPS) is 38.2. The summed E-state index contributed by atoms with van der Waals surface area (Å²) in [5, 5.41) is 0. The van der Waals surface area contributed by atoms with E-state index in [-0.39, 0.29) is 0 Å². The average Bonchev–Trinajstić information content (AvgIpc) is 2.14. The Morgan fingerprint density at radius 3 is 2.62 bits per heavy atom. The monoisotopic (exact) mass is 116 g/mol. The van der Waals surface area contributed by atoms with Crippen LogP contribution < -0.4 is 0 Å². The molecule has 0 spiro atoms. The number of ether oxygens (including phenoxy) is 2. The molecular formula is C6H12O2. The molecule has 2 atom stereocenters. The summed E-state index contributed by atoms with van der Waals surface area (Å²) in [6.45, 7) is 2.90. The lowest BCUT2D eigenvalue weighted by atomic mass is 10.2. The Morgan fingerprint density at radius 2 is 2.38 bits per heavy atom. The van der Waals surface area contributed by atoms with E-state index >= 15 is 0 Å². The lowest BCUT2D eigenvalue weighted by Gasteiger charge is -2.10. The third-order valence-electron chi connectivity index (χ3n) is 1.61. The Morgan fingerprint density at radius 1 is 1.62 bits per heavy atom. The van der Waals surface area contributed by atoms with Crippen molar-refractivity contribution >= 4 is 0 Å². The molecule has 0 aliphatic carbocycles. The molecule has 1 saturated heterocycles. The van der Waals surface area contributed by atoms with E-state index in [1.165, 1.54) is 0 Å². The van der Waals surface area contributed by atoms with Gasteiger partial charge in [-0.25, -0.2) is 0 Å². The van der Waals surface area contributed by atoms with Crippen LogP contribution in [0.5, 0.6) is 0 Å². The minimum absolute atomic E-state index is 0.306. The molecule has 0 radical (unpaired) electrons. The van der Waals surface area contributed by atoms with Gasteiger partial charge < -0.3 is 9.47 Å². The highest BCUT2D eigenvalue weighted by molar-refractivity contribution is 4.71. The second-order valence-electron chi connectivity index (χ2n) is 2.14. The van der Waals surface area contributed by atoms with Gasteiger partial charge in [-0.1, -0.05) is 0 Å². The van der Waals surface area contributed by atoms with Crippen LogP contribution in [-0.2, 0) is 9.47 Å². The van der Waals surface area contributed by atoms with Gasteiger partial charge in [-0.2, -0.15) is 0 Å². The first kappa shape index (κ1) is 6.05. The molecular weight excluding hydrogens is 104 g/mol. The van der Waals surface area contributed by atoms with E-state index in [0.717, 1.165) is 13.0 Å². The summed E-state index contributed by atoms with van der Waals surface area (Å²) in [5.74, 6) is 0. The van der Waals surface area contributed by atoms with Crippen molar-refractivity contribution in [1.82, 2.24) is 0 Å². The summed E-state index contributed by atoms with van der Waals surface area (Å²) in [4.78, 5) is 0. The first-order valence-corrected chi connectivity index (χ1v) is 2.99. The molecule has 8 heavy (non-hydrogen) atoms. The molecule has 2 nitrogen and oxygen atoms in total. The molecule has 0 aromatic carbocycles. The molecule has 1 aliphatic rings. The van der Waals surface area contributed by atoms with Gasteiger partial charge in [0.15, 0.2) is 0 Å². The van der Waals surface area contributed by atoms with Crippen LogP contribution in [0.1, 0.15) is 13.3 Å². The van der Waals surface area contributed by atoms with Gasteiger partial charge in [-0.05, 0) is 13.3 Å². The highest BCUT2D eigenvalue weighted by atomic mass is 16.5. The predicted molar refractivity (Wildman–Crippen MR) is 30.8 cm³/mol. The summed E-state index contributed by atoms with van der Waals surface area (Å²) >= 11 is 0. The maximum atomic E-state index is 5.23. The fourth-order valence-electron chi connectivity index (χ4n) is 1.02. The summed E-state index contributed by atoms with van der Waals surface area (Å²) in [6, 6.07) is 0. The molecule has 0 unspecified atom stereocenters. The van der Waals surface area contributed by atoms with Crippen molar-refractivity contribution in [3.8, 4) is 0 Å². The van der Waals surface area contributed by atoms with E-state index in [1.807, 2.05) is 6.92 Å². The molecule has 0 saturated carbocycles. The fourth-order valence-corrected chi connectivity index (χ4v) is 1.02. The summed E-state index contributed by atoms with van der Waals surface area (Å²) in [5.41, 5.74) is 0. The summed E-state index contributed by atoms with van der Waals surface area (Å²) < 4.78 is 10.3. The maximum Gasteiger partial charge on any atom is 0.0852 e. The van der Waals surface area contributed by atoms with E-state index < -0.39 is 0 Å². The second-order valence-corrected chi connectivity index (χ2v) is 2.14. The van der Waals surface area contributed by atoms with Crippen molar-refractivity contribution in [2.24, 2.45) is 0 Å². The Bertz CT molecular complexity index is 72.9. The second kappa shape index (κ2) is 2.46. The lowest BCUT2D eigenvalue weighted by molar-refractivity contribution is 0.0270. The summed E-state index contributed by atoms with van der Waals surface area (Å²) in [6.07, 6.45) is 1.70. The van der Waals surface area contributed by atoms with Crippen molar-refractivity contribution in [3.05, 3.63) is 0 Å². The van der Waals surface area contributed by atoms with Gasteiger partial charge in [-0.3, -0.25) is 0 Å². The highest BCUT2D eigenvalue weighted by Crippen LogP contribution is 2.14. The van der Waals surface area contributed by atoms with Crippen LogP contribution >= 0.6 is 0 Å². The molecule has 0 bridgehead atoms. The molecule has 0 aromatic heterocycles. The maximum absolute atomic E-state index is 5.23. The van der Waals surface area contributed by atoms with Crippen molar-refractivity contribution in [1.29, 1.82) is 0 Å². The van der Waals surface area contributed by atoms with Crippen molar-refractivity contribution in [3.63, 3.8) is 0 Å². The Balaban J connectivity index is 2.30. The van der Waals surface area contributed by atoms with Crippen LogP contribution in [0.3, 0.4) is 0 Å². The van der Waals surface area contributed by atoms with E-state index in [1.54, 1.807) is 7.11 Å². The molecule has 1 heterocycles. The zero-order valence-corrected chi connectivity index (χ0v) is 5.39. The minimum atomic E-state index is 0.306. The zero-order chi connectivity index (χ0) is 5.98. The van der Waals surface area contributed by atoms with Crippen molar-refractivity contribution in [2.45, 2.75) is 25.6 Å². The standard InChI is InChI=1S/C6H12O2/c1-5-6(7-2)3-4-8-5/h5-6H,3-4H2,1-2H3/t5-,6-/m0/s1. The Kier molecular flexibility index (Phi) is 1.86. The van der Waals surface area contributed by atoms with Gasteiger partial charge in [0.2, 0.25) is 0 Å². The molecule has 0 aromatic rings. The minimum Gasteiger partial charge on any atom is -0.379 e. The third-order valence-corrected chi connectivity index (χ3v) is 1.61. The molecule has 0 N–H and O–H groups in total. The van der Waals surface area contributed by atoms with Crippen LogP contribution in [0.15, 0.2) is 0 Å². The number of hydrogen-bond donors (Lipinski definition) is 0.